The molecule has 6 nitrogen and oxygen atoms in total. The molecule has 1 unspecified atom stereocenters. The topological polar surface area (TPSA) is 80.0 Å². The van der Waals surface area contributed by atoms with E-state index in [0.717, 1.165) is 12.1 Å². The molecule has 21 heavy (non-hydrogen) atoms. The van der Waals surface area contributed by atoms with E-state index in [4.69, 9.17) is 16.1 Å². The molecule has 1 saturated heterocycles. The van der Waals surface area contributed by atoms with Crippen LogP contribution in [0, 0.1) is 0 Å². The number of halogens is 1. The van der Waals surface area contributed by atoms with E-state index >= 15 is 0 Å². The predicted molar refractivity (Wildman–Crippen MR) is 77.1 cm³/mol. The third-order valence-electron chi connectivity index (χ3n) is 3.30. The largest absolute Gasteiger partial charge is 0.353 e. The number of hydrogen-bond donors (Lipinski definition) is 2. The van der Waals surface area contributed by atoms with Crippen LogP contribution < -0.4 is 10.6 Å². The number of nitrogens with one attached hydrogen (secondary N) is 2. The first-order chi connectivity index (χ1) is 10.2. The maximum atomic E-state index is 11.7. The number of hydrogen-bond acceptors (Lipinski definition) is 5. The zero-order valence-corrected chi connectivity index (χ0v) is 12.1. The maximum Gasteiger partial charge on any atom is 0.237 e. The van der Waals surface area contributed by atoms with E-state index in [1.165, 1.54) is 0 Å². The number of aromatic nitrogens is 2. The fourth-order valence-electron chi connectivity index (χ4n) is 2.22. The molecule has 0 bridgehead atoms. The van der Waals surface area contributed by atoms with Crippen molar-refractivity contribution in [2.45, 2.75) is 18.9 Å². The monoisotopic (exact) mass is 306 g/mol. The summed E-state index contributed by atoms with van der Waals surface area (Å²) in [7, 11) is 0. The van der Waals surface area contributed by atoms with Crippen molar-refractivity contribution in [3.8, 4) is 0 Å². The number of rotatable bonds is 4. The minimum absolute atomic E-state index is 0.0290. The standard InChI is InChI=1S/C14H15ClN4O2/c15-10-3-1-9(2-4-10)7-12-18-13(21-19-12)8-11-14(20)17-6-5-16-11/h1-4,11,16H,5-8H2,(H,17,20). The fraction of sp³-hybridized carbons (Fsp3) is 0.357. The molecular weight excluding hydrogens is 292 g/mol. The van der Waals surface area contributed by atoms with Gasteiger partial charge in [0.15, 0.2) is 5.82 Å². The molecule has 110 valence electrons. The van der Waals surface area contributed by atoms with Crippen molar-refractivity contribution in [3.05, 3.63) is 46.6 Å². The SMILES string of the molecule is O=C1NCCNC1Cc1nc(Cc2ccc(Cl)cc2)no1. The molecule has 1 fully saturated rings. The molecule has 1 amide bonds. The second-order valence-corrected chi connectivity index (χ2v) is 5.35. The summed E-state index contributed by atoms with van der Waals surface area (Å²) in [6.07, 6.45) is 0.977. The number of benzene rings is 1. The van der Waals surface area contributed by atoms with E-state index in [9.17, 15) is 4.79 Å². The molecule has 2 heterocycles. The Kier molecular flexibility index (Phi) is 4.17. The maximum absolute atomic E-state index is 11.7. The van der Waals surface area contributed by atoms with E-state index in [-0.39, 0.29) is 11.9 Å². The summed E-state index contributed by atoms with van der Waals surface area (Å²) in [5.41, 5.74) is 1.06. The number of piperazine rings is 1. The molecule has 1 aromatic heterocycles. The van der Waals surface area contributed by atoms with Crippen LogP contribution in [0.3, 0.4) is 0 Å². The van der Waals surface area contributed by atoms with E-state index < -0.39 is 0 Å². The molecule has 1 atom stereocenters. The lowest BCUT2D eigenvalue weighted by Gasteiger charge is -2.21. The zero-order valence-electron chi connectivity index (χ0n) is 11.3. The summed E-state index contributed by atoms with van der Waals surface area (Å²) in [6.45, 7) is 1.41. The highest BCUT2D eigenvalue weighted by Crippen LogP contribution is 2.12. The van der Waals surface area contributed by atoms with Gasteiger partial charge >= 0.3 is 0 Å². The van der Waals surface area contributed by atoms with Gasteiger partial charge in [0.1, 0.15) is 0 Å². The summed E-state index contributed by atoms with van der Waals surface area (Å²) in [4.78, 5) is 16.0. The molecule has 0 aliphatic carbocycles. The van der Waals surface area contributed by atoms with Crippen LogP contribution in [0.2, 0.25) is 5.02 Å². The molecular formula is C14H15ClN4O2. The van der Waals surface area contributed by atoms with Crippen LogP contribution in [-0.2, 0) is 17.6 Å². The lowest BCUT2D eigenvalue weighted by Crippen LogP contribution is -2.53. The van der Waals surface area contributed by atoms with Gasteiger partial charge in [0.2, 0.25) is 11.8 Å². The number of carbonyl (C=O) groups excluding carboxylic acids is 1. The Balaban J connectivity index is 1.63. The Morgan fingerprint density at radius 1 is 1.29 bits per heavy atom. The second kappa shape index (κ2) is 6.24. The van der Waals surface area contributed by atoms with Gasteiger partial charge in [0.25, 0.3) is 0 Å². The molecule has 1 aromatic carbocycles. The van der Waals surface area contributed by atoms with Crippen LogP contribution in [0.1, 0.15) is 17.3 Å². The normalized spacial score (nSPS) is 18.5. The van der Waals surface area contributed by atoms with Crippen LogP contribution in [-0.4, -0.2) is 35.2 Å². The van der Waals surface area contributed by atoms with Crippen LogP contribution in [0.15, 0.2) is 28.8 Å². The Morgan fingerprint density at radius 2 is 2.10 bits per heavy atom. The average molecular weight is 307 g/mol. The molecule has 3 rings (SSSR count). The van der Waals surface area contributed by atoms with Gasteiger partial charge in [-0.05, 0) is 17.7 Å². The van der Waals surface area contributed by atoms with Crippen molar-refractivity contribution in [2.75, 3.05) is 13.1 Å². The van der Waals surface area contributed by atoms with Gasteiger partial charge < -0.3 is 15.2 Å². The van der Waals surface area contributed by atoms with Crippen LogP contribution in [0.4, 0.5) is 0 Å². The first-order valence-corrected chi connectivity index (χ1v) is 7.15. The summed E-state index contributed by atoms with van der Waals surface area (Å²) in [5.74, 6) is 1.04. The summed E-state index contributed by atoms with van der Waals surface area (Å²) < 4.78 is 5.20. The van der Waals surface area contributed by atoms with Gasteiger partial charge in [-0.1, -0.05) is 28.9 Å². The third kappa shape index (κ3) is 3.59. The van der Waals surface area contributed by atoms with Gasteiger partial charge in [-0.15, -0.1) is 0 Å². The van der Waals surface area contributed by atoms with E-state index in [0.29, 0.717) is 36.1 Å². The van der Waals surface area contributed by atoms with E-state index in [1.807, 2.05) is 24.3 Å². The minimum atomic E-state index is -0.303. The quantitative estimate of drug-likeness (QED) is 0.879. The van der Waals surface area contributed by atoms with Crippen molar-refractivity contribution in [1.29, 1.82) is 0 Å². The Hall–Kier alpha value is -1.92. The van der Waals surface area contributed by atoms with Crippen molar-refractivity contribution in [1.82, 2.24) is 20.8 Å². The van der Waals surface area contributed by atoms with Crippen molar-refractivity contribution in [2.24, 2.45) is 0 Å². The van der Waals surface area contributed by atoms with E-state index in [2.05, 4.69) is 20.8 Å². The Bertz CT molecular complexity index is 626. The van der Waals surface area contributed by atoms with E-state index in [1.54, 1.807) is 0 Å². The summed E-state index contributed by atoms with van der Waals surface area (Å²) in [6, 6.07) is 7.20. The lowest BCUT2D eigenvalue weighted by atomic mass is 10.1. The minimum Gasteiger partial charge on any atom is -0.353 e. The highest BCUT2D eigenvalue weighted by atomic mass is 35.5. The second-order valence-electron chi connectivity index (χ2n) is 4.91. The van der Waals surface area contributed by atoms with Gasteiger partial charge in [0, 0.05) is 24.5 Å². The highest BCUT2D eigenvalue weighted by molar-refractivity contribution is 6.30. The molecule has 0 spiro atoms. The third-order valence-corrected chi connectivity index (χ3v) is 3.55. The van der Waals surface area contributed by atoms with Gasteiger partial charge in [0.05, 0.1) is 12.5 Å². The molecule has 2 aromatic rings. The molecule has 2 N–H and O–H groups in total. The van der Waals surface area contributed by atoms with Gasteiger partial charge in [-0.2, -0.15) is 4.98 Å². The van der Waals surface area contributed by atoms with Crippen molar-refractivity contribution < 1.29 is 9.32 Å². The zero-order chi connectivity index (χ0) is 14.7. The highest BCUT2D eigenvalue weighted by Gasteiger charge is 2.24. The number of nitrogens with zero attached hydrogens (tertiary/aromatic N) is 2. The average Bonchev–Trinajstić information content (AvgIpc) is 2.91. The lowest BCUT2D eigenvalue weighted by molar-refractivity contribution is -0.124. The van der Waals surface area contributed by atoms with Crippen molar-refractivity contribution in [3.63, 3.8) is 0 Å². The Labute approximate surface area is 126 Å². The Morgan fingerprint density at radius 3 is 2.86 bits per heavy atom. The smallest absolute Gasteiger partial charge is 0.237 e. The number of amides is 1. The van der Waals surface area contributed by atoms with Crippen molar-refractivity contribution >= 4 is 17.5 Å². The molecule has 1 aliphatic heterocycles. The first kappa shape index (κ1) is 14.0. The van der Waals surface area contributed by atoms with Crippen LogP contribution in [0.5, 0.6) is 0 Å². The van der Waals surface area contributed by atoms with Gasteiger partial charge in [-0.25, -0.2) is 0 Å². The first-order valence-electron chi connectivity index (χ1n) is 6.78. The molecule has 0 radical (unpaired) electrons. The molecule has 1 aliphatic rings. The van der Waals surface area contributed by atoms with Crippen LogP contribution in [0.25, 0.3) is 0 Å². The summed E-state index contributed by atoms with van der Waals surface area (Å²) in [5, 5.41) is 10.6. The van der Waals surface area contributed by atoms with Gasteiger partial charge in [-0.3, -0.25) is 4.79 Å². The fourth-order valence-corrected chi connectivity index (χ4v) is 2.34. The predicted octanol–water partition coefficient (Wildman–Crippen LogP) is 0.944. The van der Waals surface area contributed by atoms with Crippen LogP contribution >= 0.6 is 11.6 Å². The molecule has 0 saturated carbocycles. The summed E-state index contributed by atoms with van der Waals surface area (Å²) >= 11 is 5.85. The number of carbonyl (C=O) groups is 1. The molecule has 7 heteroatoms.